The van der Waals surface area contributed by atoms with Crippen LogP contribution in [0, 0.1) is 19.8 Å². The first kappa shape index (κ1) is 18.5. The largest absolute Gasteiger partial charge is 0.376 e. The molecule has 0 saturated carbocycles. The van der Waals surface area contributed by atoms with Crippen LogP contribution in [0.25, 0.3) is 0 Å². The molecule has 0 unspecified atom stereocenters. The molecule has 0 aromatic heterocycles. The number of benzene rings is 2. The Morgan fingerprint density at radius 1 is 0.880 bits per heavy atom. The van der Waals surface area contributed by atoms with Gasteiger partial charge in [-0.05, 0) is 55.3 Å². The number of amides is 2. The van der Waals surface area contributed by atoms with Gasteiger partial charge in [0.1, 0.15) is 0 Å². The molecule has 0 aliphatic rings. The average Bonchev–Trinajstić information content (AvgIpc) is 2.52. The molecule has 2 amide bonds. The van der Waals surface area contributed by atoms with E-state index < -0.39 is 0 Å². The minimum Gasteiger partial charge on any atom is -0.376 e. The highest BCUT2D eigenvalue weighted by Crippen LogP contribution is 2.16. The summed E-state index contributed by atoms with van der Waals surface area (Å²) in [7, 11) is 0. The molecule has 0 bridgehead atoms. The maximum Gasteiger partial charge on any atom is 0.243 e. The van der Waals surface area contributed by atoms with E-state index in [1.807, 2.05) is 39.8 Å². The third kappa shape index (κ3) is 5.95. The SMILES string of the molecule is Cc1cc(C)cc(NCC(=O)Nc2cccc(NC(=O)C(C)C)c2)c1. The summed E-state index contributed by atoms with van der Waals surface area (Å²) >= 11 is 0. The van der Waals surface area contributed by atoms with Crippen molar-refractivity contribution in [3.05, 3.63) is 53.6 Å². The highest BCUT2D eigenvalue weighted by Gasteiger charge is 2.08. The molecule has 2 aromatic carbocycles. The molecular weight excluding hydrogens is 314 g/mol. The number of aryl methyl sites for hydroxylation is 2. The van der Waals surface area contributed by atoms with E-state index in [0.29, 0.717) is 11.4 Å². The van der Waals surface area contributed by atoms with Gasteiger partial charge in [0, 0.05) is 23.0 Å². The van der Waals surface area contributed by atoms with Crippen molar-refractivity contribution in [2.45, 2.75) is 27.7 Å². The van der Waals surface area contributed by atoms with Gasteiger partial charge in [0.05, 0.1) is 6.54 Å². The van der Waals surface area contributed by atoms with Crippen molar-refractivity contribution in [2.75, 3.05) is 22.5 Å². The quantitative estimate of drug-likeness (QED) is 0.746. The Bertz CT molecular complexity index is 749. The van der Waals surface area contributed by atoms with Crippen LogP contribution in [0.15, 0.2) is 42.5 Å². The molecule has 3 N–H and O–H groups in total. The molecule has 0 spiro atoms. The normalized spacial score (nSPS) is 10.4. The topological polar surface area (TPSA) is 70.2 Å². The maximum absolute atomic E-state index is 12.1. The first-order chi connectivity index (χ1) is 11.8. The van der Waals surface area contributed by atoms with E-state index in [4.69, 9.17) is 0 Å². The van der Waals surface area contributed by atoms with Crippen molar-refractivity contribution in [1.29, 1.82) is 0 Å². The van der Waals surface area contributed by atoms with Crippen LogP contribution in [-0.2, 0) is 9.59 Å². The zero-order chi connectivity index (χ0) is 18.4. The van der Waals surface area contributed by atoms with Crippen molar-refractivity contribution in [3.8, 4) is 0 Å². The Balaban J connectivity index is 1.93. The van der Waals surface area contributed by atoms with Gasteiger partial charge >= 0.3 is 0 Å². The summed E-state index contributed by atoms with van der Waals surface area (Å²) in [6, 6.07) is 13.2. The lowest BCUT2D eigenvalue weighted by molar-refractivity contribution is -0.119. The minimum absolute atomic E-state index is 0.0556. The van der Waals surface area contributed by atoms with Crippen LogP contribution >= 0.6 is 0 Å². The maximum atomic E-state index is 12.1. The number of carbonyl (C=O) groups is 2. The predicted molar refractivity (Wildman–Crippen MR) is 103 cm³/mol. The van der Waals surface area contributed by atoms with Gasteiger partial charge in [-0.2, -0.15) is 0 Å². The summed E-state index contributed by atoms with van der Waals surface area (Å²) in [6.45, 7) is 7.88. The number of rotatable bonds is 6. The van der Waals surface area contributed by atoms with Crippen LogP contribution in [0.5, 0.6) is 0 Å². The van der Waals surface area contributed by atoms with Crippen LogP contribution in [0.3, 0.4) is 0 Å². The molecule has 132 valence electrons. The Kier molecular flexibility index (Phi) is 6.17. The predicted octanol–water partition coefficient (Wildman–Crippen LogP) is 3.95. The molecule has 0 aliphatic heterocycles. The number of hydrogen-bond donors (Lipinski definition) is 3. The molecule has 0 fully saturated rings. The standard InChI is InChI=1S/C20H25N3O2/c1-13(2)20(25)23-17-7-5-6-16(11-17)22-19(24)12-21-18-9-14(3)8-15(4)10-18/h5-11,13,21H,12H2,1-4H3,(H,22,24)(H,23,25). The zero-order valence-electron chi connectivity index (χ0n) is 15.1. The molecule has 0 heterocycles. The van der Waals surface area contributed by atoms with E-state index in [9.17, 15) is 9.59 Å². The zero-order valence-corrected chi connectivity index (χ0v) is 15.1. The van der Waals surface area contributed by atoms with E-state index in [-0.39, 0.29) is 24.3 Å². The number of carbonyl (C=O) groups excluding carboxylic acids is 2. The second-order valence-electron chi connectivity index (χ2n) is 6.50. The molecule has 0 atom stereocenters. The number of nitrogens with one attached hydrogen (secondary N) is 3. The second kappa shape index (κ2) is 8.33. The Hall–Kier alpha value is -2.82. The van der Waals surface area contributed by atoms with Crippen LogP contribution in [-0.4, -0.2) is 18.4 Å². The summed E-state index contributed by atoms with van der Waals surface area (Å²) in [5, 5.41) is 8.78. The van der Waals surface area contributed by atoms with E-state index in [0.717, 1.165) is 16.8 Å². The molecule has 0 saturated heterocycles. The summed E-state index contributed by atoms with van der Waals surface area (Å²) in [5.41, 5.74) is 4.53. The van der Waals surface area contributed by atoms with Crippen LogP contribution < -0.4 is 16.0 Å². The van der Waals surface area contributed by atoms with Gasteiger partial charge in [0.25, 0.3) is 0 Å². The third-order valence-corrected chi connectivity index (χ3v) is 3.61. The van der Waals surface area contributed by atoms with Crippen molar-refractivity contribution in [1.82, 2.24) is 0 Å². The number of anilines is 3. The summed E-state index contributed by atoms with van der Waals surface area (Å²) in [4.78, 5) is 23.9. The van der Waals surface area contributed by atoms with E-state index in [1.165, 1.54) is 0 Å². The third-order valence-electron chi connectivity index (χ3n) is 3.61. The average molecular weight is 339 g/mol. The van der Waals surface area contributed by atoms with Crippen molar-refractivity contribution >= 4 is 28.9 Å². The Labute approximate surface area is 148 Å². The van der Waals surface area contributed by atoms with Crippen LogP contribution in [0.2, 0.25) is 0 Å². The van der Waals surface area contributed by atoms with Gasteiger partial charge in [-0.15, -0.1) is 0 Å². The molecule has 0 aliphatic carbocycles. The van der Waals surface area contributed by atoms with Crippen molar-refractivity contribution in [3.63, 3.8) is 0 Å². The molecule has 0 radical (unpaired) electrons. The number of hydrogen-bond acceptors (Lipinski definition) is 3. The highest BCUT2D eigenvalue weighted by atomic mass is 16.2. The van der Waals surface area contributed by atoms with Gasteiger partial charge < -0.3 is 16.0 Å². The van der Waals surface area contributed by atoms with Crippen LogP contribution in [0.1, 0.15) is 25.0 Å². The monoisotopic (exact) mass is 339 g/mol. The first-order valence-corrected chi connectivity index (χ1v) is 8.36. The van der Waals surface area contributed by atoms with E-state index >= 15 is 0 Å². The molecule has 25 heavy (non-hydrogen) atoms. The van der Waals surface area contributed by atoms with Crippen LogP contribution in [0.4, 0.5) is 17.1 Å². The molecule has 5 heteroatoms. The fourth-order valence-electron chi connectivity index (χ4n) is 2.43. The summed E-state index contributed by atoms with van der Waals surface area (Å²) < 4.78 is 0. The fraction of sp³-hybridized carbons (Fsp3) is 0.300. The highest BCUT2D eigenvalue weighted by molar-refractivity contribution is 5.96. The van der Waals surface area contributed by atoms with Gasteiger partial charge in [-0.25, -0.2) is 0 Å². The lowest BCUT2D eigenvalue weighted by atomic mass is 10.1. The fourth-order valence-corrected chi connectivity index (χ4v) is 2.43. The molecule has 2 rings (SSSR count). The smallest absolute Gasteiger partial charge is 0.243 e. The lowest BCUT2D eigenvalue weighted by Gasteiger charge is -2.11. The van der Waals surface area contributed by atoms with Gasteiger partial charge in [-0.3, -0.25) is 9.59 Å². The molecule has 5 nitrogen and oxygen atoms in total. The van der Waals surface area contributed by atoms with E-state index in [1.54, 1.807) is 24.3 Å². The first-order valence-electron chi connectivity index (χ1n) is 8.36. The van der Waals surface area contributed by atoms with Gasteiger partial charge in [-0.1, -0.05) is 26.0 Å². The van der Waals surface area contributed by atoms with Crippen molar-refractivity contribution < 1.29 is 9.59 Å². The lowest BCUT2D eigenvalue weighted by Crippen LogP contribution is -2.22. The Morgan fingerprint density at radius 2 is 1.48 bits per heavy atom. The Morgan fingerprint density at radius 3 is 2.08 bits per heavy atom. The van der Waals surface area contributed by atoms with Gasteiger partial charge in [0.15, 0.2) is 0 Å². The van der Waals surface area contributed by atoms with Crippen molar-refractivity contribution in [2.24, 2.45) is 5.92 Å². The van der Waals surface area contributed by atoms with Gasteiger partial charge in [0.2, 0.25) is 11.8 Å². The summed E-state index contributed by atoms with van der Waals surface area (Å²) in [6.07, 6.45) is 0. The summed E-state index contributed by atoms with van der Waals surface area (Å²) in [5.74, 6) is -0.299. The second-order valence-corrected chi connectivity index (χ2v) is 6.50. The molecule has 2 aromatic rings. The minimum atomic E-state index is -0.147. The van der Waals surface area contributed by atoms with E-state index in [2.05, 4.69) is 22.0 Å². The molecular formula is C20H25N3O2.